The number of nitrogens with one attached hydrogen (secondary N) is 1. The van der Waals surface area contributed by atoms with Gasteiger partial charge in [-0.15, -0.1) is 0 Å². The predicted molar refractivity (Wildman–Crippen MR) is 92.7 cm³/mol. The summed E-state index contributed by atoms with van der Waals surface area (Å²) in [7, 11) is 0. The first-order valence-corrected chi connectivity index (χ1v) is 8.47. The maximum atomic E-state index is 12.7. The Morgan fingerprint density at radius 1 is 1.40 bits per heavy atom. The van der Waals surface area contributed by atoms with Gasteiger partial charge in [0.1, 0.15) is 0 Å². The molecule has 3 rings (SSSR count). The first kappa shape index (κ1) is 17.0. The minimum absolute atomic E-state index is 0.0608. The molecule has 0 radical (unpaired) electrons. The third kappa shape index (κ3) is 3.50. The summed E-state index contributed by atoms with van der Waals surface area (Å²) in [6, 6.07) is 4.51. The molecule has 2 heterocycles. The Kier molecular flexibility index (Phi) is 4.49. The normalized spacial score (nSPS) is 13.3. The van der Waals surface area contributed by atoms with Crippen LogP contribution in [0.25, 0.3) is 0 Å². The number of aromatic nitrogens is 1. The molecule has 0 fully saturated rings. The molecule has 1 aromatic carbocycles. The lowest BCUT2D eigenvalue weighted by atomic mass is 10.1. The summed E-state index contributed by atoms with van der Waals surface area (Å²) in [5.41, 5.74) is 1.64. The molecule has 0 aliphatic carbocycles. The van der Waals surface area contributed by atoms with Crippen LogP contribution in [0, 0.1) is 17.0 Å². The van der Waals surface area contributed by atoms with E-state index in [0.717, 1.165) is 10.6 Å². The van der Waals surface area contributed by atoms with E-state index in [1.54, 1.807) is 24.0 Å². The molecule has 0 saturated carbocycles. The SMILES string of the molecule is CC(=O)Nc1nc2c(s1)CN(C(=O)c1ccc(C)c([N+](=O)[O-])c1)CC2. The predicted octanol–water partition coefficient (Wildman–Crippen LogP) is 2.52. The number of nitro groups is 1. The highest BCUT2D eigenvalue weighted by Crippen LogP contribution is 2.29. The van der Waals surface area contributed by atoms with Crippen LogP contribution in [0.1, 0.15) is 33.4 Å². The molecule has 1 aliphatic heterocycles. The van der Waals surface area contributed by atoms with Gasteiger partial charge in [-0.05, 0) is 13.0 Å². The summed E-state index contributed by atoms with van der Waals surface area (Å²) in [4.78, 5) is 41.3. The molecule has 0 saturated heterocycles. The van der Waals surface area contributed by atoms with Crippen LogP contribution in [0.15, 0.2) is 18.2 Å². The van der Waals surface area contributed by atoms with Crippen LogP contribution in [0.3, 0.4) is 0 Å². The molecule has 0 bridgehead atoms. The Bertz CT molecular complexity index is 877. The zero-order chi connectivity index (χ0) is 18.1. The van der Waals surface area contributed by atoms with Crippen LogP contribution in [0.4, 0.5) is 10.8 Å². The van der Waals surface area contributed by atoms with Crippen molar-refractivity contribution < 1.29 is 14.5 Å². The van der Waals surface area contributed by atoms with E-state index in [-0.39, 0.29) is 17.5 Å². The molecule has 2 amide bonds. The molecule has 8 nitrogen and oxygen atoms in total. The number of nitrogens with zero attached hydrogens (tertiary/aromatic N) is 3. The highest BCUT2D eigenvalue weighted by molar-refractivity contribution is 7.15. The van der Waals surface area contributed by atoms with Crippen molar-refractivity contribution >= 4 is 34.0 Å². The maximum absolute atomic E-state index is 12.7. The van der Waals surface area contributed by atoms with Crippen molar-refractivity contribution in [2.75, 3.05) is 11.9 Å². The molecular weight excluding hydrogens is 344 g/mol. The van der Waals surface area contributed by atoms with E-state index in [2.05, 4.69) is 10.3 Å². The fourth-order valence-electron chi connectivity index (χ4n) is 2.69. The highest BCUT2D eigenvalue weighted by atomic mass is 32.1. The van der Waals surface area contributed by atoms with Crippen LogP contribution in [0.2, 0.25) is 0 Å². The lowest BCUT2D eigenvalue weighted by molar-refractivity contribution is -0.385. The number of thiazole rings is 1. The van der Waals surface area contributed by atoms with Gasteiger partial charge in [-0.2, -0.15) is 0 Å². The van der Waals surface area contributed by atoms with E-state index < -0.39 is 4.92 Å². The quantitative estimate of drug-likeness (QED) is 0.669. The van der Waals surface area contributed by atoms with Gasteiger partial charge in [0, 0.05) is 42.0 Å². The number of hydrogen-bond donors (Lipinski definition) is 1. The van der Waals surface area contributed by atoms with Gasteiger partial charge >= 0.3 is 0 Å². The lowest BCUT2D eigenvalue weighted by Gasteiger charge is -2.26. The molecule has 25 heavy (non-hydrogen) atoms. The minimum atomic E-state index is -0.483. The molecule has 2 aromatic rings. The second-order valence-corrected chi connectivity index (χ2v) is 6.89. The molecule has 1 aliphatic rings. The summed E-state index contributed by atoms with van der Waals surface area (Å²) in [6.07, 6.45) is 0.588. The Morgan fingerprint density at radius 3 is 2.84 bits per heavy atom. The van der Waals surface area contributed by atoms with Gasteiger partial charge in [0.2, 0.25) is 5.91 Å². The van der Waals surface area contributed by atoms with Crippen molar-refractivity contribution in [3.63, 3.8) is 0 Å². The minimum Gasteiger partial charge on any atom is -0.333 e. The van der Waals surface area contributed by atoms with Crippen molar-refractivity contribution in [1.82, 2.24) is 9.88 Å². The Hall–Kier alpha value is -2.81. The van der Waals surface area contributed by atoms with Gasteiger partial charge in [-0.1, -0.05) is 17.4 Å². The third-order valence-electron chi connectivity index (χ3n) is 3.95. The topological polar surface area (TPSA) is 105 Å². The summed E-state index contributed by atoms with van der Waals surface area (Å²) in [5.74, 6) is -0.436. The molecule has 0 atom stereocenters. The van der Waals surface area contributed by atoms with E-state index in [1.165, 1.54) is 24.3 Å². The van der Waals surface area contributed by atoms with Gasteiger partial charge in [0.15, 0.2) is 5.13 Å². The van der Waals surface area contributed by atoms with Crippen molar-refractivity contribution in [2.45, 2.75) is 26.8 Å². The molecule has 9 heteroatoms. The average Bonchev–Trinajstić information content (AvgIpc) is 2.94. The van der Waals surface area contributed by atoms with Crippen LogP contribution < -0.4 is 5.32 Å². The van der Waals surface area contributed by atoms with Crippen LogP contribution in [-0.2, 0) is 17.8 Å². The average molecular weight is 360 g/mol. The zero-order valence-electron chi connectivity index (χ0n) is 13.7. The fourth-order valence-corrected chi connectivity index (χ4v) is 3.76. The van der Waals surface area contributed by atoms with Crippen LogP contribution >= 0.6 is 11.3 Å². The van der Waals surface area contributed by atoms with E-state index in [9.17, 15) is 19.7 Å². The fraction of sp³-hybridized carbons (Fsp3) is 0.312. The second kappa shape index (κ2) is 6.60. The second-order valence-electron chi connectivity index (χ2n) is 5.81. The van der Waals surface area contributed by atoms with Gasteiger partial charge in [-0.3, -0.25) is 19.7 Å². The molecule has 0 unspecified atom stereocenters. The molecular formula is C16H16N4O4S. The van der Waals surface area contributed by atoms with Gasteiger partial charge < -0.3 is 10.2 Å². The first-order chi connectivity index (χ1) is 11.8. The maximum Gasteiger partial charge on any atom is 0.273 e. The number of anilines is 1. The number of fused-ring (bicyclic) bond motifs is 1. The standard InChI is InChI=1S/C16H16N4O4S/c1-9-3-4-11(7-13(9)20(23)24)15(22)19-6-5-12-14(8-19)25-16(18-12)17-10(2)21/h3-4,7H,5-6,8H2,1-2H3,(H,17,18,21). The summed E-state index contributed by atoms with van der Waals surface area (Å²) >= 11 is 1.35. The van der Waals surface area contributed by atoms with E-state index in [4.69, 9.17) is 0 Å². The Morgan fingerprint density at radius 2 is 2.16 bits per heavy atom. The summed E-state index contributed by atoms with van der Waals surface area (Å²) in [5, 5.41) is 14.2. The van der Waals surface area contributed by atoms with Crippen molar-refractivity contribution in [3.8, 4) is 0 Å². The van der Waals surface area contributed by atoms with E-state index >= 15 is 0 Å². The van der Waals surface area contributed by atoms with Gasteiger partial charge in [0.25, 0.3) is 11.6 Å². The smallest absolute Gasteiger partial charge is 0.273 e. The van der Waals surface area contributed by atoms with Gasteiger partial charge in [-0.25, -0.2) is 4.98 Å². The van der Waals surface area contributed by atoms with Crippen molar-refractivity contribution in [1.29, 1.82) is 0 Å². The highest BCUT2D eigenvalue weighted by Gasteiger charge is 2.26. The largest absolute Gasteiger partial charge is 0.333 e. The number of rotatable bonds is 3. The summed E-state index contributed by atoms with van der Waals surface area (Å²) < 4.78 is 0. The van der Waals surface area contributed by atoms with Crippen molar-refractivity contribution in [2.24, 2.45) is 0 Å². The number of benzene rings is 1. The zero-order valence-corrected chi connectivity index (χ0v) is 14.6. The van der Waals surface area contributed by atoms with Crippen LogP contribution in [-0.4, -0.2) is 33.2 Å². The van der Waals surface area contributed by atoms with E-state index in [1.807, 2.05) is 0 Å². The third-order valence-corrected chi connectivity index (χ3v) is 4.95. The number of carbonyl (C=O) groups excluding carboxylic acids is 2. The van der Waals surface area contributed by atoms with Crippen molar-refractivity contribution in [3.05, 3.63) is 50.0 Å². The molecule has 130 valence electrons. The number of hydrogen-bond acceptors (Lipinski definition) is 6. The number of aryl methyl sites for hydroxylation is 1. The monoisotopic (exact) mass is 360 g/mol. The van der Waals surface area contributed by atoms with Crippen LogP contribution in [0.5, 0.6) is 0 Å². The number of nitro benzene ring substituents is 1. The Balaban J connectivity index is 1.80. The number of amides is 2. The first-order valence-electron chi connectivity index (χ1n) is 7.65. The molecule has 0 spiro atoms. The molecule has 1 aromatic heterocycles. The van der Waals surface area contributed by atoms with E-state index in [0.29, 0.717) is 35.8 Å². The Labute approximate surface area is 147 Å². The molecule has 1 N–H and O–H groups in total. The van der Waals surface area contributed by atoms with Gasteiger partial charge in [0.05, 0.1) is 17.2 Å². The summed E-state index contributed by atoms with van der Waals surface area (Å²) in [6.45, 7) is 3.92. The lowest BCUT2D eigenvalue weighted by Crippen LogP contribution is -2.35. The number of carbonyl (C=O) groups is 2.